The highest BCUT2D eigenvalue weighted by atomic mass is 19.1. The quantitative estimate of drug-likeness (QED) is 0.850. The second-order valence-corrected chi connectivity index (χ2v) is 5.09. The lowest BCUT2D eigenvalue weighted by atomic mass is 10.2. The number of rotatable bonds is 4. The van der Waals surface area contributed by atoms with Crippen molar-refractivity contribution < 1.29 is 9.13 Å². The van der Waals surface area contributed by atoms with Gasteiger partial charge in [0.25, 0.3) is 0 Å². The van der Waals surface area contributed by atoms with Gasteiger partial charge >= 0.3 is 0 Å². The molecule has 0 saturated carbocycles. The van der Waals surface area contributed by atoms with Crippen LogP contribution in [0.1, 0.15) is 31.5 Å². The van der Waals surface area contributed by atoms with E-state index < -0.39 is 0 Å². The van der Waals surface area contributed by atoms with Crippen molar-refractivity contribution in [3.05, 3.63) is 30.0 Å². The molecule has 1 aliphatic rings. The van der Waals surface area contributed by atoms with Crippen molar-refractivity contribution >= 4 is 5.82 Å². The first-order valence-electron chi connectivity index (χ1n) is 7.48. The number of ether oxygens (including phenoxy) is 1. The third kappa shape index (κ3) is 2.66. The van der Waals surface area contributed by atoms with Gasteiger partial charge in [-0.25, -0.2) is 14.4 Å². The Morgan fingerprint density at radius 3 is 3.00 bits per heavy atom. The molecule has 0 N–H and O–H groups in total. The van der Waals surface area contributed by atoms with Gasteiger partial charge in [-0.3, -0.25) is 0 Å². The zero-order valence-corrected chi connectivity index (χ0v) is 12.7. The van der Waals surface area contributed by atoms with Gasteiger partial charge in [-0.1, -0.05) is 6.92 Å². The van der Waals surface area contributed by atoms with Crippen LogP contribution in [0.2, 0.25) is 0 Å². The first-order valence-corrected chi connectivity index (χ1v) is 7.48. The third-order valence-electron chi connectivity index (χ3n) is 3.82. The molecule has 1 atom stereocenters. The molecule has 0 amide bonds. The van der Waals surface area contributed by atoms with Crippen LogP contribution in [-0.4, -0.2) is 44.4 Å². The standard InChI is InChI=1S/C14H19FN6O/c1-3-10-12(15)14(17-8-16-10)21-5-6-22-11(7-21)13-19-18-9-20(13)4-2/h8-9,11H,3-7H2,1-2H3. The number of aromatic nitrogens is 5. The van der Waals surface area contributed by atoms with E-state index in [1.165, 1.54) is 6.33 Å². The van der Waals surface area contributed by atoms with Gasteiger partial charge in [0.2, 0.25) is 0 Å². The molecule has 1 fully saturated rings. The summed E-state index contributed by atoms with van der Waals surface area (Å²) in [5.41, 5.74) is 0.435. The summed E-state index contributed by atoms with van der Waals surface area (Å²) >= 11 is 0. The Morgan fingerprint density at radius 1 is 1.36 bits per heavy atom. The number of aryl methyl sites for hydroxylation is 2. The molecule has 3 rings (SSSR count). The van der Waals surface area contributed by atoms with E-state index >= 15 is 0 Å². The highest BCUT2D eigenvalue weighted by Gasteiger charge is 2.28. The summed E-state index contributed by atoms with van der Waals surface area (Å²) in [6.45, 7) is 6.24. The zero-order chi connectivity index (χ0) is 15.5. The first kappa shape index (κ1) is 14.8. The molecule has 118 valence electrons. The zero-order valence-electron chi connectivity index (χ0n) is 12.7. The fraction of sp³-hybridized carbons (Fsp3) is 0.571. The van der Waals surface area contributed by atoms with Crippen LogP contribution in [0, 0.1) is 5.82 Å². The predicted octanol–water partition coefficient (Wildman–Crippen LogP) is 1.37. The molecule has 2 aromatic rings. The summed E-state index contributed by atoms with van der Waals surface area (Å²) in [7, 11) is 0. The normalized spacial score (nSPS) is 18.7. The second kappa shape index (κ2) is 6.35. The van der Waals surface area contributed by atoms with Crippen molar-refractivity contribution in [1.82, 2.24) is 24.7 Å². The van der Waals surface area contributed by atoms with E-state index in [9.17, 15) is 4.39 Å². The molecule has 3 heterocycles. The van der Waals surface area contributed by atoms with Crippen molar-refractivity contribution in [3.8, 4) is 0 Å². The minimum atomic E-state index is -0.345. The molecule has 1 unspecified atom stereocenters. The average Bonchev–Trinajstić information content (AvgIpc) is 3.04. The number of halogens is 1. The van der Waals surface area contributed by atoms with Gasteiger partial charge in [-0.15, -0.1) is 10.2 Å². The van der Waals surface area contributed by atoms with Crippen LogP contribution < -0.4 is 4.90 Å². The minimum Gasteiger partial charge on any atom is -0.366 e. The maximum atomic E-state index is 14.4. The minimum absolute atomic E-state index is 0.240. The molecule has 1 aliphatic heterocycles. The molecular formula is C14H19FN6O. The van der Waals surface area contributed by atoms with Gasteiger partial charge in [0.05, 0.1) is 18.8 Å². The largest absolute Gasteiger partial charge is 0.366 e. The summed E-state index contributed by atoms with van der Waals surface area (Å²) in [6, 6.07) is 0. The van der Waals surface area contributed by atoms with E-state index in [-0.39, 0.29) is 11.9 Å². The van der Waals surface area contributed by atoms with Crippen LogP contribution in [0.3, 0.4) is 0 Å². The lowest BCUT2D eigenvalue weighted by Crippen LogP contribution is -2.40. The molecule has 2 aromatic heterocycles. The van der Waals surface area contributed by atoms with Crippen molar-refractivity contribution in [3.63, 3.8) is 0 Å². The summed E-state index contributed by atoms with van der Waals surface area (Å²) in [5.74, 6) is 0.753. The Morgan fingerprint density at radius 2 is 2.23 bits per heavy atom. The topological polar surface area (TPSA) is 69.0 Å². The van der Waals surface area contributed by atoms with Gasteiger partial charge in [-0.05, 0) is 13.3 Å². The molecule has 0 radical (unpaired) electrons. The molecule has 8 heteroatoms. The molecule has 0 bridgehead atoms. The molecule has 1 saturated heterocycles. The van der Waals surface area contributed by atoms with E-state index in [4.69, 9.17) is 4.74 Å². The van der Waals surface area contributed by atoms with Crippen molar-refractivity contribution in [2.75, 3.05) is 24.6 Å². The third-order valence-corrected chi connectivity index (χ3v) is 3.82. The van der Waals surface area contributed by atoms with Gasteiger partial charge in [-0.2, -0.15) is 0 Å². The maximum Gasteiger partial charge on any atom is 0.187 e. The van der Waals surface area contributed by atoms with Crippen LogP contribution in [0.15, 0.2) is 12.7 Å². The Labute approximate surface area is 128 Å². The molecule has 7 nitrogen and oxygen atoms in total. The lowest BCUT2D eigenvalue weighted by Gasteiger charge is -2.33. The Balaban J connectivity index is 1.84. The predicted molar refractivity (Wildman–Crippen MR) is 78.0 cm³/mol. The lowest BCUT2D eigenvalue weighted by molar-refractivity contribution is 0.0311. The van der Waals surface area contributed by atoms with Gasteiger partial charge in [0, 0.05) is 13.1 Å². The number of morpholine rings is 1. The van der Waals surface area contributed by atoms with Crippen LogP contribution >= 0.6 is 0 Å². The van der Waals surface area contributed by atoms with E-state index in [2.05, 4.69) is 20.2 Å². The summed E-state index contributed by atoms with van der Waals surface area (Å²) in [5, 5.41) is 8.06. The Hall–Kier alpha value is -2.09. The van der Waals surface area contributed by atoms with Crippen molar-refractivity contribution in [1.29, 1.82) is 0 Å². The number of hydrogen-bond acceptors (Lipinski definition) is 6. The smallest absolute Gasteiger partial charge is 0.187 e. The van der Waals surface area contributed by atoms with E-state index in [0.717, 1.165) is 12.4 Å². The first-order chi connectivity index (χ1) is 10.7. The van der Waals surface area contributed by atoms with Gasteiger partial charge < -0.3 is 14.2 Å². The highest BCUT2D eigenvalue weighted by Crippen LogP contribution is 2.26. The average molecular weight is 306 g/mol. The molecule has 0 spiro atoms. The Kier molecular flexibility index (Phi) is 4.28. The summed E-state index contributed by atoms with van der Waals surface area (Å²) < 4.78 is 22.1. The number of anilines is 1. The van der Waals surface area contributed by atoms with Crippen LogP contribution in [0.4, 0.5) is 10.2 Å². The monoisotopic (exact) mass is 306 g/mol. The second-order valence-electron chi connectivity index (χ2n) is 5.09. The van der Waals surface area contributed by atoms with Crippen molar-refractivity contribution in [2.45, 2.75) is 32.9 Å². The van der Waals surface area contributed by atoms with Crippen molar-refractivity contribution in [2.24, 2.45) is 0 Å². The fourth-order valence-corrected chi connectivity index (χ4v) is 2.62. The Bertz CT molecular complexity index is 646. The van der Waals surface area contributed by atoms with E-state index in [0.29, 0.717) is 37.6 Å². The SMILES string of the molecule is CCc1ncnc(N2CCOC(c3nncn3CC)C2)c1F. The highest BCUT2D eigenvalue weighted by molar-refractivity contribution is 5.41. The molecule has 22 heavy (non-hydrogen) atoms. The van der Waals surface area contributed by atoms with Gasteiger partial charge in [0.1, 0.15) is 18.8 Å². The number of nitrogens with zero attached hydrogens (tertiary/aromatic N) is 6. The summed E-state index contributed by atoms with van der Waals surface area (Å²) in [4.78, 5) is 9.98. The molecule has 0 aromatic carbocycles. The molecule has 0 aliphatic carbocycles. The van der Waals surface area contributed by atoms with E-state index in [1.807, 2.05) is 23.3 Å². The van der Waals surface area contributed by atoms with E-state index in [1.54, 1.807) is 6.33 Å². The fourth-order valence-electron chi connectivity index (χ4n) is 2.62. The van der Waals surface area contributed by atoms with Crippen LogP contribution in [-0.2, 0) is 17.7 Å². The number of hydrogen-bond donors (Lipinski definition) is 0. The van der Waals surface area contributed by atoms with Crippen LogP contribution in [0.5, 0.6) is 0 Å². The molecular weight excluding hydrogens is 287 g/mol. The summed E-state index contributed by atoms with van der Waals surface area (Å²) in [6.07, 6.45) is 3.39. The van der Waals surface area contributed by atoms with Gasteiger partial charge in [0.15, 0.2) is 17.5 Å². The van der Waals surface area contributed by atoms with Crippen LogP contribution in [0.25, 0.3) is 0 Å². The maximum absolute atomic E-state index is 14.4.